The van der Waals surface area contributed by atoms with Crippen LogP contribution in [0.5, 0.6) is 0 Å². The third-order valence-electron chi connectivity index (χ3n) is 5.97. The Hall–Kier alpha value is -1.91. The molecule has 4 nitrogen and oxygen atoms in total. The maximum atomic E-state index is 10.6. The van der Waals surface area contributed by atoms with Crippen LogP contribution in [0.2, 0.25) is 0 Å². The van der Waals surface area contributed by atoms with Gasteiger partial charge in [-0.2, -0.15) is 0 Å². The molecular weight excluding hydrogens is 388 g/mol. The summed E-state index contributed by atoms with van der Waals surface area (Å²) < 4.78 is 11.8. The Bertz CT molecular complexity index is 667. The molecule has 31 heavy (non-hydrogen) atoms. The summed E-state index contributed by atoms with van der Waals surface area (Å²) in [4.78, 5) is 10.6. The number of unbranched alkanes of at least 4 members (excludes halogenated alkanes) is 2. The van der Waals surface area contributed by atoms with E-state index in [0.717, 1.165) is 44.9 Å². The lowest BCUT2D eigenvalue weighted by atomic mass is 9.90. The molecule has 1 fully saturated rings. The highest BCUT2D eigenvalue weighted by Gasteiger charge is 2.35. The van der Waals surface area contributed by atoms with Gasteiger partial charge in [0.2, 0.25) is 0 Å². The molecule has 172 valence electrons. The van der Waals surface area contributed by atoms with Crippen molar-refractivity contribution in [1.82, 2.24) is 0 Å². The van der Waals surface area contributed by atoms with Crippen molar-refractivity contribution in [2.75, 3.05) is 6.61 Å². The fourth-order valence-corrected chi connectivity index (χ4v) is 4.38. The van der Waals surface area contributed by atoms with Gasteiger partial charge in [0.25, 0.3) is 0 Å². The van der Waals surface area contributed by atoms with Crippen LogP contribution in [0.4, 0.5) is 0 Å². The minimum atomic E-state index is -0.718. The molecule has 1 aliphatic rings. The number of rotatable bonds is 15. The van der Waals surface area contributed by atoms with Crippen LogP contribution < -0.4 is 0 Å². The Kier molecular flexibility index (Phi) is 12.3. The fourth-order valence-electron chi connectivity index (χ4n) is 4.38. The van der Waals surface area contributed by atoms with Crippen molar-refractivity contribution in [2.24, 2.45) is 11.8 Å². The number of carboxylic acids is 1. The molecule has 0 aliphatic heterocycles. The number of carboxylic acid groups (broad SMARTS) is 1. The third kappa shape index (κ3) is 10.3. The van der Waals surface area contributed by atoms with Crippen LogP contribution >= 0.6 is 0 Å². The average molecular weight is 429 g/mol. The molecule has 1 unspecified atom stereocenters. The molecule has 1 aliphatic carbocycles. The van der Waals surface area contributed by atoms with Crippen LogP contribution in [0.3, 0.4) is 0 Å². The number of allylic oxidation sites excluding steroid dienone is 3. The molecule has 0 radical (unpaired) electrons. The van der Waals surface area contributed by atoms with Gasteiger partial charge in [-0.25, -0.2) is 0 Å². The molecule has 1 N–H and O–H groups in total. The first kappa shape index (κ1) is 25.4. The SMILES string of the molecule is CCOC(C)O[C@@H]1CC[C@H](C/C=C\CCCC(=O)O)[C@H]1/C=C/CCCc1ccccc1. The molecule has 0 amide bonds. The zero-order chi connectivity index (χ0) is 22.3. The van der Waals surface area contributed by atoms with Gasteiger partial charge >= 0.3 is 5.97 Å². The summed E-state index contributed by atoms with van der Waals surface area (Å²) in [6, 6.07) is 10.7. The zero-order valence-corrected chi connectivity index (χ0v) is 19.2. The summed E-state index contributed by atoms with van der Waals surface area (Å²) in [5.41, 5.74) is 1.40. The Morgan fingerprint density at radius 2 is 1.90 bits per heavy atom. The largest absolute Gasteiger partial charge is 0.481 e. The number of ether oxygens (including phenoxy) is 2. The maximum Gasteiger partial charge on any atom is 0.303 e. The van der Waals surface area contributed by atoms with E-state index in [1.165, 1.54) is 5.56 Å². The van der Waals surface area contributed by atoms with E-state index in [2.05, 4.69) is 54.6 Å². The lowest BCUT2D eigenvalue weighted by Gasteiger charge is -2.25. The number of aliphatic carboxylic acids is 1. The van der Waals surface area contributed by atoms with E-state index < -0.39 is 5.97 Å². The van der Waals surface area contributed by atoms with Crippen molar-refractivity contribution in [3.05, 3.63) is 60.2 Å². The Morgan fingerprint density at radius 3 is 2.65 bits per heavy atom. The van der Waals surface area contributed by atoms with E-state index in [1.807, 2.05) is 13.8 Å². The molecule has 0 spiro atoms. The topological polar surface area (TPSA) is 55.8 Å². The summed E-state index contributed by atoms with van der Waals surface area (Å²) in [6.07, 6.45) is 17.5. The van der Waals surface area contributed by atoms with Crippen molar-refractivity contribution >= 4 is 5.97 Å². The molecule has 0 bridgehead atoms. The first-order chi connectivity index (χ1) is 15.1. The van der Waals surface area contributed by atoms with Gasteiger partial charge in [-0.1, -0.05) is 54.6 Å². The van der Waals surface area contributed by atoms with E-state index in [9.17, 15) is 4.79 Å². The van der Waals surface area contributed by atoms with Crippen molar-refractivity contribution in [1.29, 1.82) is 0 Å². The number of aryl methyl sites for hydroxylation is 1. The number of hydrogen-bond donors (Lipinski definition) is 1. The summed E-state index contributed by atoms with van der Waals surface area (Å²) in [6.45, 7) is 4.65. The highest BCUT2D eigenvalue weighted by Crippen LogP contribution is 2.38. The van der Waals surface area contributed by atoms with Crippen LogP contribution in [0.25, 0.3) is 0 Å². The van der Waals surface area contributed by atoms with Gasteiger partial charge in [-0.15, -0.1) is 0 Å². The standard InChI is InChI=1S/C27H40O4/c1-3-30-22(2)31-26-21-20-24(17-11-4-5-13-19-27(28)29)25(26)18-12-7-10-16-23-14-8-6-9-15-23/h4,6,8-9,11-12,14-15,18,22,24-26H,3,5,7,10,13,16-17,19-21H2,1-2H3,(H,28,29)/b11-4-,18-12+/t22?,24-,25+,26+/m0/s1. The molecular formula is C27H40O4. The average Bonchev–Trinajstić information content (AvgIpc) is 3.12. The van der Waals surface area contributed by atoms with Crippen LogP contribution in [0.15, 0.2) is 54.6 Å². The quantitative estimate of drug-likeness (QED) is 0.195. The molecule has 0 aromatic heterocycles. The second-order valence-corrected chi connectivity index (χ2v) is 8.41. The van der Waals surface area contributed by atoms with Crippen LogP contribution in [0.1, 0.15) is 70.8 Å². The first-order valence-corrected chi connectivity index (χ1v) is 11.9. The summed E-state index contributed by atoms with van der Waals surface area (Å²) in [5.74, 6) is 0.258. The molecule has 4 atom stereocenters. The second-order valence-electron chi connectivity index (χ2n) is 8.41. The highest BCUT2D eigenvalue weighted by molar-refractivity contribution is 5.66. The summed E-state index contributed by atoms with van der Waals surface area (Å²) in [5, 5.41) is 8.75. The molecule has 4 heteroatoms. The van der Waals surface area contributed by atoms with Crippen LogP contribution in [0, 0.1) is 11.8 Å². The monoisotopic (exact) mass is 428 g/mol. The van der Waals surface area contributed by atoms with Gasteiger partial charge in [0.15, 0.2) is 6.29 Å². The molecule has 1 saturated carbocycles. The lowest BCUT2D eigenvalue weighted by Crippen LogP contribution is -2.26. The Labute approximate surface area is 188 Å². The van der Waals surface area contributed by atoms with Crippen LogP contribution in [-0.4, -0.2) is 30.1 Å². The van der Waals surface area contributed by atoms with E-state index in [4.69, 9.17) is 14.6 Å². The normalized spacial score (nSPS) is 22.5. The summed E-state index contributed by atoms with van der Waals surface area (Å²) in [7, 11) is 0. The minimum Gasteiger partial charge on any atom is -0.481 e. The predicted molar refractivity (Wildman–Crippen MR) is 126 cm³/mol. The molecule has 0 saturated heterocycles. The van der Waals surface area contributed by atoms with Gasteiger partial charge in [0.1, 0.15) is 0 Å². The first-order valence-electron chi connectivity index (χ1n) is 11.9. The molecule has 2 rings (SSSR count). The Morgan fingerprint density at radius 1 is 1.13 bits per heavy atom. The lowest BCUT2D eigenvalue weighted by molar-refractivity contribution is -0.162. The van der Waals surface area contributed by atoms with E-state index in [1.54, 1.807) is 0 Å². The van der Waals surface area contributed by atoms with E-state index in [0.29, 0.717) is 24.9 Å². The molecule has 1 aromatic rings. The van der Waals surface area contributed by atoms with Crippen LogP contribution in [-0.2, 0) is 20.7 Å². The number of carbonyl (C=O) groups is 1. The van der Waals surface area contributed by atoms with E-state index >= 15 is 0 Å². The molecule has 0 heterocycles. The van der Waals surface area contributed by atoms with Crippen molar-refractivity contribution < 1.29 is 19.4 Å². The second kappa shape index (κ2) is 15.0. The maximum absolute atomic E-state index is 10.6. The highest BCUT2D eigenvalue weighted by atomic mass is 16.7. The zero-order valence-electron chi connectivity index (χ0n) is 19.2. The summed E-state index contributed by atoms with van der Waals surface area (Å²) >= 11 is 0. The van der Waals surface area contributed by atoms with Gasteiger partial charge < -0.3 is 14.6 Å². The van der Waals surface area contributed by atoms with Gasteiger partial charge in [0, 0.05) is 18.9 Å². The minimum absolute atomic E-state index is 0.172. The Balaban J connectivity index is 1.85. The molecule has 1 aromatic carbocycles. The number of benzene rings is 1. The third-order valence-corrected chi connectivity index (χ3v) is 5.97. The fraction of sp³-hybridized carbons (Fsp3) is 0.593. The van der Waals surface area contributed by atoms with Crippen molar-refractivity contribution in [2.45, 2.75) is 84.0 Å². The predicted octanol–water partition coefficient (Wildman–Crippen LogP) is 6.56. The van der Waals surface area contributed by atoms with Crippen molar-refractivity contribution in [3.8, 4) is 0 Å². The smallest absolute Gasteiger partial charge is 0.303 e. The van der Waals surface area contributed by atoms with Gasteiger partial charge in [-0.3, -0.25) is 4.79 Å². The van der Waals surface area contributed by atoms with Gasteiger partial charge in [0.05, 0.1) is 6.10 Å². The number of hydrogen-bond acceptors (Lipinski definition) is 3. The van der Waals surface area contributed by atoms with Crippen molar-refractivity contribution in [3.63, 3.8) is 0 Å². The van der Waals surface area contributed by atoms with E-state index in [-0.39, 0.29) is 18.8 Å². The van der Waals surface area contributed by atoms with Gasteiger partial charge in [-0.05, 0) is 76.7 Å².